The molecule has 0 aliphatic rings. The van der Waals surface area contributed by atoms with Crippen LogP contribution in [0.1, 0.15) is 32.7 Å². The van der Waals surface area contributed by atoms with Crippen LogP contribution in [0.15, 0.2) is 97.2 Å². The van der Waals surface area contributed by atoms with Crippen LogP contribution in [0.5, 0.6) is 28.9 Å². The van der Waals surface area contributed by atoms with E-state index in [9.17, 15) is 9.59 Å². The number of esters is 1. The molecule has 0 saturated heterocycles. The van der Waals surface area contributed by atoms with E-state index in [2.05, 4.69) is 4.98 Å². The maximum atomic E-state index is 12.5. The van der Waals surface area contributed by atoms with E-state index in [1.807, 2.05) is 24.3 Å². The van der Waals surface area contributed by atoms with Crippen molar-refractivity contribution in [2.75, 3.05) is 27.4 Å². The summed E-state index contributed by atoms with van der Waals surface area (Å²) in [5, 5.41) is 0. The maximum Gasteiger partial charge on any atom is 0.338 e. The van der Waals surface area contributed by atoms with Crippen LogP contribution in [-0.2, 0) is 4.74 Å². The Morgan fingerprint density at radius 3 is 2.02 bits per heavy atom. The zero-order valence-corrected chi connectivity index (χ0v) is 22.2. The highest BCUT2D eigenvalue weighted by Crippen LogP contribution is 2.23. The Kier molecular flexibility index (Phi) is 9.88. The third-order valence-corrected chi connectivity index (χ3v) is 5.72. The number of methoxy groups -OCH3 is 2. The van der Waals surface area contributed by atoms with Gasteiger partial charge < -0.3 is 23.7 Å². The number of ketones is 1. The van der Waals surface area contributed by atoms with Crippen molar-refractivity contribution in [3.05, 3.63) is 114 Å². The number of aromatic nitrogens is 1. The average molecular weight is 540 g/mol. The maximum absolute atomic E-state index is 12.5. The predicted molar refractivity (Wildman–Crippen MR) is 150 cm³/mol. The topological polar surface area (TPSA) is 93.2 Å². The molecule has 0 atom stereocenters. The van der Waals surface area contributed by atoms with Gasteiger partial charge in [0.25, 0.3) is 0 Å². The zero-order valence-electron chi connectivity index (χ0n) is 22.2. The van der Waals surface area contributed by atoms with E-state index in [-0.39, 0.29) is 18.3 Å². The first kappa shape index (κ1) is 27.9. The summed E-state index contributed by atoms with van der Waals surface area (Å²) >= 11 is 0. The molecule has 8 nitrogen and oxygen atoms in total. The SMILES string of the molecule is COc1ccc(/C=C/C(=O)c2ccc(OCCCOC(=O)c3ccnc(Oc4ccc(OC)cc4)c3)cc2)cc1. The van der Waals surface area contributed by atoms with E-state index in [0.717, 1.165) is 11.3 Å². The van der Waals surface area contributed by atoms with E-state index in [4.69, 9.17) is 23.7 Å². The minimum atomic E-state index is -0.479. The quantitative estimate of drug-likeness (QED) is 0.0833. The van der Waals surface area contributed by atoms with Gasteiger partial charge in [0, 0.05) is 24.2 Å². The molecule has 0 saturated carbocycles. The third-order valence-electron chi connectivity index (χ3n) is 5.72. The summed E-state index contributed by atoms with van der Waals surface area (Å²) < 4.78 is 27.0. The smallest absolute Gasteiger partial charge is 0.338 e. The average Bonchev–Trinajstić information content (AvgIpc) is 3.00. The van der Waals surface area contributed by atoms with Gasteiger partial charge in [-0.05, 0) is 78.4 Å². The Bertz CT molecular complexity index is 1430. The molecule has 0 aliphatic carbocycles. The highest BCUT2D eigenvalue weighted by atomic mass is 16.5. The minimum absolute atomic E-state index is 0.108. The first-order valence-electron chi connectivity index (χ1n) is 12.6. The summed E-state index contributed by atoms with van der Waals surface area (Å²) in [4.78, 5) is 29.0. The summed E-state index contributed by atoms with van der Waals surface area (Å²) in [6.07, 6.45) is 5.27. The van der Waals surface area contributed by atoms with Crippen LogP contribution in [0.25, 0.3) is 6.08 Å². The molecule has 0 unspecified atom stereocenters. The number of carbonyl (C=O) groups is 2. The molecular formula is C32H29NO7. The van der Waals surface area contributed by atoms with Crippen molar-refractivity contribution in [2.24, 2.45) is 0 Å². The Hall–Kier alpha value is -5.11. The lowest BCUT2D eigenvalue weighted by Crippen LogP contribution is -2.09. The number of nitrogens with zero attached hydrogens (tertiary/aromatic N) is 1. The fourth-order valence-electron chi connectivity index (χ4n) is 3.55. The molecule has 0 radical (unpaired) electrons. The second kappa shape index (κ2) is 14.2. The molecule has 4 rings (SSSR count). The summed E-state index contributed by atoms with van der Waals surface area (Å²) in [5.41, 5.74) is 1.79. The van der Waals surface area contributed by atoms with Gasteiger partial charge in [0.1, 0.15) is 23.0 Å². The molecule has 0 aliphatic heterocycles. The van der Waals surface area contributed by atoms with Gasteiger partial charge in [0.2, 0.25) is 5.88 Å². The summed E-state index contributed by atoms with van der Waals surface area (Å²) in [6, 6.07) is 24.5. The number of benzene rings is 3. The Balaban J connectivity index is 1.18. The molecule has 3 aromatic carbocycles. The Morgan fingerprint density at radius 2 is 1.35 bits per heavy atom. The third kappa shape index (κ3) is 8.19. The van der Waals surface area contributed by atoms with Crippen molar-refractivity contribution in [1.29, 1.82) is 0 Å². The lowest BCUT2D eigenvalue weighted by atomic mass is 10.1. The number of carbonyl (C=O) groups excluding carboxylic acids is 2. The van der Waals surface area contributed by atoms with E-state index >= 15 is 0 Å². The van der Waals surface area contributed by atoms with Gasteiger partial charge in [0.15, 0.2) is 5.78 Å². The highest BCUT2D eigenvalue weighted by Gasteiger charge is 2.10. The lowest BCUT2D eigenvalue weighted by Gasteiger charge is -2.09. The van der Waals surface area contributed by atoms with Gasteiger partial charge in [-0.15, -0.1) is 0 Å². The van der Waals surface area contributed by atoms with E-state index in [1.54, 1.807) is 74.9 Å². The Labute approximate surface area is 232 Å². The molecule has 0 N–H and O–H groups in total. The first-order valence-corrected chi connectivity index (χ1v) is 12.6. The standard InChI is InChI=1S/C32H29NO7/c1-36-26-9-4-23(5-10-26)6-17-30(34)24-7-11-28(12-8-24)38-20-3-21-39-32(35)25-18-19-33-31(22-25)40-29-15-13-27(37-2)14-16-29/h4-19,22H,3,20-21H2,1-2H3/b17-6+. The van der Waals surface area contributed by atoms with Crippen LogP contribution < -0.4 is 18.9 Å². The van der Waals surface area contributed by atoms with Crippen LogP contribution in [0, 0.1) is 0 Å². The van der Waals surface area contributed by atoms with Gasteiger partial charge in [-0.25, -0.2) is 9.78 Å². The molecular weight excluding hydrogens is 510 g/mol. The van der Waals surface area contributed by atoms with Gasteiger partial charge in [-0.3, -0.25) is 4.79 Å². The first-order chi connectivity index (χ1) is 19.5. The number of hydrogen-bond donors (Lipinski definition) is 0. The van der Waals surface area contributed by atoms with Crippen LogP contribution in [0.4, 0.5) is 0 Å². The summed E-state index contributed by atoms with van der Waals surface area (Å²) in [5.74, 6) is 2.35. The van der Waals surface area contributed by atoms with E-state index in [0.29, 0.717) is 41.4 Å². The van der Waals surface area contributed by atoms with Crippen molar-refractivity contribution in [3.8, 4) is 28.9 Å². The lowest BCUT2D eigenvalue weighted by molar-refractivity contribution is 0.0485. The van der Waals surface area contributed by atoms with Gasteiger partial charge in [-0.2, -0.15) is 0 Å². The fourth-order valence-corrected chi connectivity index (χ4v) is 3.55. The van der Waals surface area contributed by atoms with Crippen molar-refractivity contribution >= 4 is 17.8 Å². The Morgan fingerprint density at radius 1 is 0.725 bits per heavy atom. The molecule has 40 heavy (non-hydrogen) atoms. The van der Waals surface area contributed by atoms with Gasteiger partial charge in [0.05, 0.1) is 33.0 Å². The highest BCUT2D eigenvalue weighted by molar-refractivity contribution is 6.06. The molecule has 0 amide bonds. The molecule has 0 spiro atoms. The molecule has 1 aromatic heterocycles. The van der Waals surface area contributed by atoms with Crippen molar-refractivity contribution < 1.29 is 33.3 Å². The van der Waals surface area contributed by atoms with E-state index in [1.165, 1.54) is 18.3 Å². The monoisotopic (exact) mass is 539 g/mol. The summed E-state index contributed by atoms with van der Waals surface area (Å²) in [6.45, 7) is 0.530. The van der Waals surface area contributed by atoms with Crippen molar-refractivity contribution in [2.45, 2.75) is 6.42 Å². The predicted octanol–water partition coefficient (Wildman–Crippen LogP) is 6.41. The second-order valence-electron chi connectivity index (χ2n) is 8.49. The normalized spacial score (nSPS) is 10.7. The molecule has 1 heterocycles. The summed E-state index contributed by atoms with van der Waals surface area (Å²) in [7, 11) is 3.20. The molecule has 0 bridgehead atoms. The van der Waals surface area contributed by atoms with E-state index < -0.39 is 5.97 Å². The number of ether oxygens (including phenoxy) is 5. The molecule has 204 valence electrons. The largest absolute Gasteiger partial charge is 0.497 e. The van der Waals surface area contributed by atoms with Gasteiger partial charge in [-0.1, -0.05) is 18.2 Å². The molecule has 8 heteroatoms. The van der Waals surface area contributed by atoms with Crippen LogP contribution in [-0.4, -0.2) is 44.2 Å². The van der Waals surface area contributed by atoms with Gasteiger partial charge >= 0.3 is 5.97 Å². The van der Waals surface area contributed by atoms with Crippen molar-refractivity contribution in [3.63, 3.8) is 0 Å². The number of allylic oxidation sites excluding steroid dienone is 1. The fraction of sp³-hybridized carbons (Fsp3) is 0.156. The number of pyridine rings is 1. The minimum Gasteiger partial charge on any atom is -0.497 e. The van der Waals surface area contributed by atoms with Crippen molar-refractivity contribution in [1.82, 2.24) is 4.98 Å². The molecule has 4 aromatic rings. The van der Waals surface area contributed by atoms with Crippen LogP contribution >= 0.6 is 0 Å². The molecule has 0 fully saturated rings. The number of hydrogen-bond acceptors (Lipinski definition) is 8. The second-order valence-corrected chi connectivity index (χ2v) is 8.49. The van der Waals surface area contributed by atoms with Crippen LogP contribution in [0.3, 0.4) is 0 Å². The van der Waals surface area contributed by atoms with Crippen LogP contribution in [0.2, 0.25) is 0 Å². The zero-order chi connectivity index (χ0) is 28.2. The number of rotatable bonds is 13.